The van der Waals surface area contributed by atoms with E-state index in [-0.39, 0.29) is 13.2 Å². The molecule has 0 aliphatic rings. The molecule has 5 nitrogen and oxygen atoms in total. The highest BCUT2D eigenvalue weighted by Gasteiger charge is 2.09. The van der Waals surface area contributed by atoms with E-state index < -0.39 is 11.9 Å². The number of anilines is 1. The topological polar surface area (TPSA) is 64.6 Å². The molecule has 0 aliphatic heterocycles. The number of benzene rings is 2. The summed E-state index contributed by atoms with van der Waals surface area (Å²) in [5, 5.41) is 2.67. The largest absolute Gasteiger partial charge is 0.482 e. The first kappa shape index (κ1) is 19.0. The Labute approximate surface area is 155 Å². The highest BCUT2D eigenvalue weighted by molar-refractivity contribution is 9.10. The second-order valence-electron chi connectivity index (χ2n) is 5.46. The number of esters is 1. The first-order chi connectivity index (χ1) is 12.0. The van der Waals surface area contributed by atoms with Crippen LogP contribution in [0.25, 0.3) is 0 Å². The third kappa shape index (κ3) is 6.23. The molecule has 1 amide bonds. The fourth-order valence-corrected chi connectivity index (χ4v) is 2.32. The average molecular weight is 406 g/mol. The lowest BCUT2D eigenvalue weighted by molar-refractivity contribution is -0.149. The van der Waals surface area contributed by atoms with Crippen molar-refractivity contribution in [2.45, 2.75) is 20.3 Å². The molecular formula is C19H20BrNO4. The molecule has 25 heavy (non-hydrogen) atoms. The SMILES string of the molecule is CCc1ccc(OCC(=O)OCC(=O)Nc2ccc(Br)c(C)c2)cc1. The van der Waals surface area contributed by atoms with Gasteiger partial charge in [0.15, 0.2) is 13.2 Å². The van der Waals surface area contributed by atoms with Gasteiger partial charge >= 0.3 is 5.97 Å². The number of carbonyl (C=O) groups excluding carboxylic acids is 2. The van der Waals surface area contributed by atoms with Crippen LogP contribution in [0.5, 0.6) is 5.75 Å². The van der Waals surface area contributed by atoms with E-state index in [2.05, 4.69) is 28.2 Å². The smallest absolute Gasteiger partial charge is 0.344 e. The molecule has 0 atom stereocenters. The van der Waals surface area contributed by atoms with Crippen LogP contribution in [-0.4, -0.2) is 25.1 Å². The molecular weight excluding hydrogens is 386 g/mol. The van der Waals surface area contributed by atoms with Crippen LogP contribution in [0, 0.1) is 6.92 Å². The Morgan fingerprint density at radius 2 is 1.80 bits per heavy atom. The quantitative estimate of drug-likeness (QED) is 0.709. The zero-order valence-corrected chi connectivity index (χ0v) is 15.8. The van der Waals surface area contributed by atoms with E-state index in [9.17, 15) is 9.59 Å². The summed E-state index contributed by atoms with van der Waals surface area (Å²) in [6.45, 7) is 3.39. The molecule has 0 saturated carbocycles. The van der Waals surface area contributed by atoms with Crippen LogP contribution in [0.3, 0.4) is 0 Å². The minimum atomic E-state index is -0.596. The van der Waals surface area contributed by atoms with Crippen LogP contribution < -0.4 is 10.1 Å². The Morgan fingerprint density at radius 1 is 1.08 bits per heavy atom. The molecule has 2 rings (SSSR count). The van der Waals surface area contributed by atoms with Gasteiger partial charge in [-0.15, -0.1) is 0 Å². The number of halogens is 1. The maximum atomic E-state index is 11.8. The van der Waals surface area contributed by atoms with Gasteiger partial charge in [-0.25, -0.2) is 4.79 Å². The lowest BCUT2D eigenvalue weighted by Gasteiger charge is -2.09. The molecule has 0 aliphatic carbocycles. The van der Waals surface area contributed by atoms with E-state index in [1.807, 2.05) is 31.2 Å². The van der Waals surface area contributed by atoms with E-state index >= 15 is 0 Å². The van der Waals surface area contributed by atoms with Gasteiger partial charge in [0, 0.05) is 10.2 Å². The van der Waals surface area contributed by atoms with E-state index in [1.54, 1.807) is 18.2 Å². The Bertz CT molecular complexity index is 744. The van der Waals surface area contributed by atoms with Gasteiger partial charge < -0.3 is 14.8 Å². The third-order valence-electron chi connectivity index (χ3n) is 3.49. The summed E-state index contributed by atoms with van der Waals surface area (Å²) in [4.78, 5) is 23.5. The molecule has 0 unspecified atom stereocenters. The summed E-state index contributed by atoms with van der Waals surface area (Å²) >= 11 is 3.39. The third-order valence-corrected chi connectivity index (χ3v) is 4.38. The second-order valence-corrected chi connectivity index (χ2v) is 6.31. The van der Waals surface area contributed by atoms with Crippen molar-refractivity contribution in [2.24, 2.45) is 0 Å². The number of rotatable bonds is 7. The van der Waals surface area contributed by atoms with Gasteiger partial charge in [0.05, 0.1) is 0 Å². The highest BCUT2D eigenvalue weighted by Crippen LogP contribution is 2.19. The van der Waals surface area contributed by atoms with Crippen LogP contribution in [0.15, 0.2) is 46.9 Å². The van der Waals surface area contributed by atoms with E-state index in [0.29, 0.717) is 11.4 Å². The summed E-state index contributed by atoms with van der Waals surface area (Å²) in [7, 11) is 0. The van der Waals surface area contributed by atoms with Crippen molar-refractivity contribution in [2.75, 3.05) is 18.5 Å². The molecule has 2 aromatic carbocycles. The van der Waals surface area contributed by atoms with E-state index in [1.165, 1.54) is 5.56 Å². The Balaban J connectivity index is 1.73. The summed E-state index contributed by atoms with van der Waals surface area (Å²) in [5.41, 5.74) is 2.83. The zero-order chi connectivity index (χ0) is 18.2. The standard InChI is InChI=1S/C19H20BrNO4/c1-3-14-4-7-16(8-5-14)24-12-19(23)25-11-18(22)21-15-6-9-17(20)13(2)10-15/h4-10H,3,11-12H2,1-2H3,(H,21,22). The zero-order valence-electron chi connectivity index (χ0n) is 14.2. The molecule has 0 bridgehead atoms. The number of nitrogens with one attached hydrogen (secondary N) is 1. The molecule has 1 N–H and O–H groups in total. The summed E-state index contributed by atoms with van der Waals surface area (Å²) in [6.07, 6.45) is 0.940. The van der Waals surface area contributed by atoms with Crippen molar-refractivity contribution in [1.29, 1.82) is 0 Å². The molecule has 0 aromatic heterocycles. The van der Waals surface area contributed by atoms with Gasteiger partial charge in [-0.05, 0) is 54.8 Å². The first-order valence-electron chi connectivity index (χ1n) is 7.91. The lowest BCUT2D eigenvalue weighted by atomic mass is 10.2. The predicted molar refractivity (Wildman–Crippen MR) is 99.8 cm³/mol. The highest BCUT2D eigenvalue weighted by atomic mass is 79.9. The maximum absolute atomic E-state index is 11.8. The fourth-order valence-electron chi connectivity index (χ4n) is 2.07. The molecule has 6 heteroatoms. The minimum Gasteiger partial charge on any atom is -0.482 e. The molecule has 2 aromatic rings. The predicted octanol–water partition coefficient (Wildman–Crippen LogP) is 3.88. The molecule has 132 valence electrons. The van der Waals surface area contributed by atoms with Gasteiger partial charge in [-0.2, -0.15) is 0 Å². The van der Waals surface area contributed by atoms with Gasteiger partial charge in [-0.3, -0.25) is 4.79 Å². The number of aryl methyl sites for hydroxylation is 2. The molecule has 0 spiro atoms. The van der Waals surface area contributed by atoms with Crippen LogP contribution >= 0.6 is 15.9 Å². The van der Waals surface area contributed by atoms with Gasteiger partial charge in [0.25, 0.3) is 5.91 Å². The van der Waals surface area contributed by atoms with Crippen LogP contribution in [0.1, 0.15) is 18.1 Å². The van der Waals surface area contributed by atoms with E-state index in [4.69, 9.17) is 9.47 Å². The summed E-state index contributed by atoms with van der Waals surface area (Å²) < 4.78 is 11.2. The normalized spacial score (nSPS) is 10.2. The monoisotopic (exact) mass is 405 g/mol. The number of amides is 1. The molecule has 0 radical (unpaired) electrons. The second kappa shape index (κ2) is 9.22. The fraction of sp³-hybridized carbons (Fsp3) is 0.263. The number of ether oxygens (including phenoxy) is 2. The van der Waals surface area contributed by atoms with Crippen molar-refractivity contribution in [3.8, 4) is 5.75 Å². The molecule has 0 saturated heterocycles. The Morgan fingerprint density at radius 3 is 2.44 bits per heavy atom. The summed E-state index contributed by atoms with van der Waals surface area (Å²) in [5.74, 6) is -0.409. The average Bonchev–Trinajstić information content (AvgIpc) is 2.61. The van der Waals surface area contributed by atoms with Gasteiger partial charge in [0.1, 0.15) is 5.75 Å². The van der Waals surface area contributed by atoms with Crippen LogP contribution in [0.2, 0.25) is 0 Å². The molecule has 0 heterocycles. The number of hydrogen-bond acceptors (Lipinski definition) is 4. The van der Waals surface area contributed by atoms with Crippen molar-refractivity contribution in [3.63, 3.8) is 0 Å². The van der Waals surface area contributed by atoms with Crippen LogP contribution in [-0.2, 0) is 20.7 Å². The van der Waals surface area contributed by atoms with Gasteiger partial charge in [0.2, 0.25) is 0 Å². The maximum Gasteiger partial charge on any atom is 0.344 e. The van der Waals surface area contributed by atoms with E-state index in [0.717, 1.165) is 16.5 Å². The van der Waals surface area contributed by atoms with Crippen LogP contribution in [0.4, 0.5) is 5.69 Å². The van der Waals surface area contributed by atoms with Crippen molar-refractivity contribution < 1.29 is 19.1 Å². The van der Waals surface area contributed by atoms with Crippen molar-refractivity contribution >= 4 is 33.5 Å². The van der Waals surface area contributed by atoms with Crippen molar-refractivity contribution in [3.05, 3.63) is 58.1 Å². The van der Waals surface area contributed by atoms with Gasteiger partial charge in [-0.1, -0.05) is 35.0 Å². The Kier molecular flexibility index (Phi) is 7.01. The van der Waals surface area contributed by atoms with Crippen molar-refractivity contribution in [1.82, 2.24) is 0 Å². The Hall–Kier alpha value is -2.34. The number of carbonyl (C=O) groups is 2. The lowest BCUT2D eigenvalue weighted by Crippen LogP contribution is -2.23. The first-order valence-corrected chi connectivity index (χ1v) is 8.70. The number of hydrogen-bond donors (Lipinski definition) is 1. The molecule has 0 fully saturated rings. The minimum absolute atomic E-state index is 0.240. The summed E-state index contributed by atoms with van der Waals surface area (Å²) in [6, 6.07) is 12.9.